The Balaban J connectivity index is 1.72. The lowest BCUT2D eigenvalue weighted by atomic mass is 9.94. The largest absolute Gasteiger partial charge is 0.481 e. The summed E-state index contributed by atoms with van der Waals surface area (Å²) in [6.07, 6.45) is 1.24. The normalized spacial score (nSPS) is 11.9. The van der Waals surface area contributed by atoms with Gasteiger partial charge in [-0.1, -0.05) is 91.3 Å². The molecule has 5 heteroatoms. The molecule has 1 unspecified atom stereocenters. The van der Waals surface area contributed by atoms with Crippen molar-refractivity contribution in [3.8, 4) is 11.3 Å². The third kappa shape index (κ3) is 4.92. The maximum atomic E-state index is 12.1. The molecule has 3 aromatic carbocycles. The first-order chi connectivity index (χ1) is 15.5. The smallest absolute Gasteiger partial charge is 0.311 e. The molecular formula is C27H25ClN2O2. The lowest BCUT2D eigenvalue weighted by molar-refractivity contribution is -0.138. The summed E-state index contributed by atoms with van der Waals surface area (Å²) in [6, 6.07) is 27.7. The summed E-state index contributed by atoms with van der Waals surface area (Å²) in [4.78, 5) is 12.1. The number of aromatic nitrogens is 2. The molecule has 32 heavy (non-hydrogen) atoms. The fourth-order valence-corrected chi connectivity index (χ4v) is 4.15. The van der Waals surface area contributed by atoms with E-state index in [-0.39, 0.29) is 6.42 Å². The van der Waals surface area contributed by atoms with Gasteiger partial charge in [0.25, 0.3) is 0 Å². The minimum Gasteiger partial charge on any atom is -0.481 e. The van der Waals surface area contributed by atoms with E-state index in [1.54, 1.807) is 18.2 Å². The Bertz CT molecular complexity index is 1200. The Morgan fingerprint density at radius 1 is 0.969 bits per heavy atom. The van der Waals surface area contributed by atoms with Gasteiger partial charge in [0.2, 0.25) is 0 Å². The molecule has 1 atom stereocenters. The van der Waals surface area contributed by atoms with Gasteiger partial charge in [-0.15, -0.1) is 0 Å². The van der Waals surface area contributed by atoms with Gasteiger partial charge in [0, 0.05) is 11.4 Å². The van der Waals surface area contributed by atoms with E-state index in [0.717, 1.165) is 28.9 Å². The van der Waals surface area contributed by atoms with Gasteiger partial charge in [0.05, 0.1) is 23.9 Å². The summed E-state index contributed by atoms with van der Waals surface area (Å²) in [6.45, 7) is 2.74. The standard InChI is InChI=1S/C27H25ClN2O2/c1-2-19-12-14-21(15-13-19)26-17-22(29-30(26)18-20-8-4-3-5-9-20)16-24(27(31)32)23-10-6-7-11-25(23)28/h3-15,17,24H,2,16,18H2,1H3,(H,31,32). The van der Waals surface area contributed by atoms with Crippen LogP contribution in [0.15, 0.2) is 84.9 Å². The molecule has 4 rings (SSSR count). The molecule has 0 bridgehead atoms. The van der Waals surface area contributed by atoms with Crippen LogP contribution in [-0.4, -0.2) is 20.9 Å². The van der Waals surface area contributed by atoms with Crippen LogP contribution in [0.2, 0.25) is 5.02 Å². The Morgan fingerprint density at radius 3 is 2.31 bits per heavy atom. The van der Waals surface area contributed by atoms with Crippen LogP contribution in [0.5, 0.6) is 0 Å². The van der Waals surface area contributed by atoms with E-state index in [2.05, 4.69) is 43.3 Å². The van der Waals surface area contributed by atoms with Gasteiger partial charge in [-0.05, 0) is 40.8 Å². The van der Waals surface area contributed by atoms with Crippen molar-refractivity contribution < 1.29 is 9.90 Å². The van der Waals surface area contributed by atoms with Crippen molar-refractivity contribution in [1.82, 2.24) is 9.78 Å². The quantitative estimate of drug-likeness (QED) is 0.350. The highest BCUT2D eigenvalue weighted by Gasteiger charge is 2.24. The fraction of sp³-hybridized carbons (Fsp3) is 0.185. The summed E-state index contributed by atoms with van der Waals surface area (Å²) in [5, 5.41) is 15.2. The fourth-order valence-electron chi connectivity index (χ4n) is 3.89. The molecule has 1 N–H and O–H groups in total. The lowest BCUT2D eigenvalue weighted by Crippen LogP contribution is -2.15. The van der Waals surface area contributed by atoms with E-state index in [0.29, 0.717) is 17.1 Å². The van der Waals surface area contributed by atoms with E-state index < -0.39 is 11.9 Å². The number of aliphatic carboxylic acids is 1. The van der Waals surface area contributed by atoms with Crippen molar-refractivity contribution in [3.05, 3.63) is 112 Å². The molecule has 0 aliphatic carbocycles. The molecular weight excluding hydrogens is 420 g/mol. The molecule has 0 radical (unpaired) electrons. The van der Waals surface area contributed by atoms with E-state index in [1.807, 2.05) is 35.0 Å². The summed E-state index contributed by atoms with van der Waals surface area (Å²) >= 11 is 6.31. The Labute approximate surface area is 193 Å². The topological polar surface area (TPSA) is 55.1 Å². The van der Waals surface area contributed by atoms with Gasteiger partial charge < -0.3 is 5.11 Å². The molecule has 0 spiro atoms. The second kappa shape index (κ2) is 9.84. The van der Waals surface area contributed by atoms with Crippen LogP contribution in [0.3, 0.4) is 0 Å². The summed E-state index contributed by atoms with van der Waals surface area (Å²) < 4.78 is 1.96. The van der Waals surface area contributed by atoms with Crippen molar-refractivity contribution in [1.29, 1.82) is 0 Å². The number of carbonyl (C=O) groups is 1. The predicted molar refractivity (Wildman–Crippen MR) is 128 cm³/mol. The molecule has 0 fully saturated rings. The van der Waals surface area contributed by atoms with Crippen LogP contribution >= 0.6 is 11.6 Å². The number of aryl methyl sites for hydroxylation is 1. The van der Waals surface area contributed by atoms with Crippen molar-refractivity contribution in [3.63, 3.8) is 0 Å². The molecule has 0 aliphatic rings. The zero-order valence-corrected chi connectivity index (χ0v) is 18.7. The van der Waals surface area contributed by atoms with Crippen LogP contribution in [0.25, 0.3) is 11.3 Å². The van der Waals surface area contributed by atoms with Crippen LogP contribution in [-0.2, 0) is 24.2 Å². The first-order valence-electron chi connectivity index (χ1n) is 10.7. The zero-order chi connectivity index (χ0) is 22.5. The first kappa shape index (κ1) is 21.8. The SMILES string of the molecule is CCc1ccc(-c2cc(CC(C(=O)O)c3ccccc3Cl)nn2Cc2ccccc2)cc1. The maximum Gasteiger partial charge on any atom is 0.311 e. The van der Waals surface area contributed by atoms with Crippen LogP contribution in [0.1, 0.15) is 35.2 Å². The number of hydrogen-bond acceptors (Lipinski definition) is 2. The minimum absolute atomic E-state index is 0.265. The van der Waals surface area contributed by atoms with Gasteiger partial charge in [-0.2, -0.15) is 5.10 Å². The molecule has 0 aliphatic heterocycles. The Hall–Kier alpha value is -3.37. The molecule has 0 amide bonds. The highest BCUT2D eigenvalue weighted by atomic mass is 35.5. The minimum atomic E-state index is -0.912. The molecule has 1 aromatic heterocycles. The van der Waals surface area contributed by atoms with Crippen molar-refractivity contribution >= 4 is 17.6 Å². The maximum absolute atomic E-state index is 12.1. The highest BCUT2D eigenvalue weighted by Crippen LogP contribution is 2.30. The number of hydrogen-bond donors (Lipinski definition) is 1. The lowest BCUT2D eigenvalue weighted by Gasteiger charge is -2.13. The summed E-state index contributed by atoms with van der Waals surface area (Å²) in [5.41, 5.74) is 5.76. The average Bonchev–Trinajstić information content (AvgIpc) is 3.21. The Morgan fingerprint density at radius 2 is 1.66 bits per heavy atom. The summed E-state index contributed by atoms with van der Waals surface area (Å²) in [7, 11) is 0. The molecule has 162 valence electrons. The van der Waals surface area contributed by atoms with E-state index >= 15 is 0 Å². The van der Waals surface area contributed by atoms with E-state index in [9.17, 15) is 9.90 Å². The molecule has 1 heterocycles. The van der Waals surface area contributed by atoms with Crippen molar-refractivity contribution in [2.24, 2.45) is 0 Å². The number of benzene rings is 3. The summed E-state index contributed by atoms with van der Waals surface area (Å²) in [5.74, 6) is -1.68. The number of rotatable bonds is 8. The third-order valence-electron chi connectivity index (χ3n) is 5.66. The number of nitrogens with zero attached hydrogens (tertiary/aromatic N) is 2. The molecule has 4 nitrogen and oxygen atoms in total. The third-order valence-corrected chi connectivity index (χ3v) is 6.00. The number of carboxylic acids is 1. The highest BCUT2D eigenvalue weighted by molar-refractivity contribution is 6.31. The van der Waals surface area contributed by atoms with Crippen LogP contribution in [0.4, 0.5) is 0 Å². The Kier molecular flexibility index (Phi) is 6.72. The second-order valence-electron chi connectivity index (χ2n) is 7.83. The molecule has 0 saturated heterocycles. The van der Waals surface area contributed by atoms with Crippen LogP contribution < -0.4 is 0 Å². The van der Waals surface area contributed by atoms with E-state index in [1.165, 1.54) is 5.56 Å². The van der Waals surface area contributed by atoms with Crippen molar-refractivity contribution in [2.45, 2.75) is 32.2 Å². The second-order valence-corrected chi connectivity index (χ2v) is 8.24. The van der Waals surface area contributed by atoms with E-state index in [4.69, 9.17) is 16.7 Å². The van der Waals surface area contributed by atoms with Gasteiger partial charge in [-0.25, -0.2) is 0 Å². The van der Waals surface area contributed by atoms with Gasteiger partial charge >= 0.3 is 5.97 Å². The predicted octanol–water partition coefficient (Wildman–Crippen LogP) is 6.23. The van der Waals surface area contributed by atoms with Crippen LogP contribution in [0, 0.1) is 0 Å². The molecule has 0 saturated carbocycles. The zero-order valence-electron chi connectivity index (χ0n) is 17.9. The van der Waals surface area contributed by atoms with Crippen molar-refractivity contribution in [2.75, 3.05) is 0 Å². The van der Waals surface area contributed by atoms with Gasteiger partial charge in [0.1, 0.15) is 0 Å². The monoisotopic (exact) mass is 444 g/mol. The van der Waals surface area contributed by atoms with Gasteiger partial charge in [-0.3, -0.25) is 9.48 Å². The molecule has 4 aromatic rings. The number of halogens is 1. The van der Waals surface area contributed by atoms with Gasteiger partial charge in [0.15, 0.2) is 0 Å². The first-order valence-corrected chi connectivity index (χ1v) is 11.1. The average molecular weight is 445 g/mol. The number of carboxylic acid groups (broad SMARTS) is 1.